The quantitative estimate of drug-likeness (QED) is 0.765. The molecule has 2 rings (SSSR count). The highest BCUT2D eigenvalue weighted by Gasteiger charge is 2.31. The number of nitrogens with zero attached hydrogens (tertiary/aromatic N) is 2. The second kappa shape index (κ2) is 8.27. The lowest BCUT2D eigenvalue weighted by atomic mass is 9.95. The lowest BCUT2D eigenvalue weighted by Gasteiger charge is -2.34. The molecule has 5 nitrogen and oxygen atoms in total. The van der Waals surface area contributed by atoms with Crippen LogP contribution in [0.25, 0.3) is 0 Å². The Morgan fingerprint density at radius 1 is 1.13 bits per heavy atom. The number of hydrogen-bond donors (Lipinski definition) is 0. The highest BCUT2D eigenvalue weighted by Crippen LogP contribution is 2.24. The minimum Gasteiger partial charge on any atom is -0.343 e. The average Bonchev–Trinajstić information content (AvgIpc) is 3.08. The number of piperidine rings is 1. The van der Waals surface area contributed by atoms with Gasteiger partial charge in [-0.15, -0.1) is 0 Å². The summed E-state index contributed by atoms with van der Waals surface area (Å²) in [5, 5.41) is 0.220. The van der Waals surface area contributed by atoms with Gasteiger partial charge in [0, 0.05) is 48.1 Å². The summed E-state index contributed by atoms with van der Waals surface area (Å²) in [7, 11) is 0.818. The van der Waals surface area contributed by atoms with E-state index in [1.54, 1.807) is 9.80 Å². The zero-order chi connectivity index (χ0) is 17.0. The molecule has 1 saturated heterocycles. The van der Waals surface area contributed by atoms with E-state index in [0.717, 1.165) is 38.5 Å². The maximum absolute atomic E-state index is 12.3. The average molecular weight is 343 g/mol. The van der Waals surface area contributed by atoms with Crippen molar-refractivity contribution in [2.24, 2.45) is 5.92 Å². The largest absolute Gasteiger partial charge is 0.343 e. The van der Waals surface area contributed by atoms with Crippen molar-refractivity contribution in [2.45, 2.75) is 63.7 Å². The molecule has 0 spiro atoms. The Morgan fingerprint density at radius 2 is 1.70 bits per heavy atom. The molecule has 1 saturated carbocycles. The second-order valence-corrected chi connectivity index (χ2v) is 8.85. The Labute approximate surface area is 142 Å². The molecule has 1 aliphatic heterocycles. The maximum atomic E-state index is 12.3. The molecule has 2 fully saturated rings. The fraction of sp³-hybridized carbons (Fsp3) is 0.882. The van der Waals surface area contributed by atoms with Gasteiger partial charge >= 0.3 is 0 Å². The summed E-state index contributed by atoms with van der Waals surface area (Å²) in [6, 6.07) is 0.205. The van der Waals surface area contributed by atoms with Gasteiger partial charge in [0.05, 0.1) is 0 Å². The molecule has 0 radical (unpaired) electrons. The third kappa shape index (κ3) is 4.78. The molecule has 0 aromatic rings. The predicted molar refractivity (Wildman–Crippen MR) is 92.5 cm³/mol. The molecule has 0 aromatic carbocycles. The second-order valence-electron chi connectivity index (χ2n) is 7.13. The zero-order valence-electron chi connectivity index (χ0n) is 14.6. The van der Waals surface area contributed by atoms with E-state index in [-0.39, 0.29) is 34.8 Å². The van der Waals surface area contributed by atoms with Crippen LogP contribution in [0.5, 0.6) is 0 Å². The van der Waals surface area contributed by atoms with Crippen LogP contribution >= 0.6 is 0 Å². The predicted octanol–water partition coefficient (Wildman–Crippen LogP) is 1.78. The SMILES string of the molecule is CC(C)N(C)C(=O)C1CCN(C(=O)C[S@@](=O)C2CCCC2)CC1. The zero-order valence-corrected chi connectivity index (χ0v) is 15.4. The minimum absolute atomic E-state index is 0.00153. The fourth-order valence-electron chi connectivity index (χ4n) is 3.40. The molecule has 6 heteroatoms. The number of hydrogen-bond acceptors (Lipinski definition) is 3. The van der Waals surface area contributed by atoms with Crippen LogP contribution in [-0.4, -0.2) is 63.0 Å². The van der Waals surface area contributed by atoms with E-state index in [1.807, 2.05) is 20.9 Å². The highest BCUT2D eigenvalue weighted by molar-refractivity contribution is 7.86. The van der Waals surface area contributed by atoms with E-state index < -0.39 is 10.8 Å². The molecule has 1 atom stereocenters. The standard InChI is InChI=1S/C17H30N2O3S/c1-13(2)18(3)17(21)14-8-10-19(11-9-14)16(20)12-23(22)15-6-4-5-7-15/h13-15H,4-12H2,1-3H3/t23-/m1/s1. The van der Waals surface area contributed by atoms with Crippen molar-refractivity contribution in [1.29, 1.82) is 0 Å². The van der Waals surface area contributed by atoms with Crippen molar-refractivity contribution in [3.05, 3.63) is 0 Å². The minimum atomic E-state index is -1.02. The molecule has 0 unspecified atom stereocenters. The number of carbonyl (C=O) groups is 2. The van der Waals surface area contributed by atoms with Gasteiger partial charge in [-0.2, -0.15) is 0 Å². The number of carbonyl (C=O) groups excluding carboxylic acids is 2. The van der Waals surface area contributed by atoms with E-state index in [4.69, 9.17) is 0 Å². The lowest BCUT2D eigenvalue weighted by Crippen LogP contribution is -2.46. The van der Waals surface area contributed by atoms with Crippen molar-refractivity contribution >= 4 is 22.6 Å². The van der Waals surface area contributed by atoms with Gasteiger partial charge in [0.15, 0.2) is 0 Å². The smallest absolute Gasteiger partial charge is 0.235 e. The Bertz CT molecular complexity index is 453. The van der Waals surface area contributed by atoms with E-state index in [0.29, 0.717) is 13.1 Å². The lowest BCUT2D eigenvalue weighted by molar-refractivity contribution is -0.140. The molecule has 23 heavy (non-hydrogen) atoms. The van der Waals surface area contributed by atoms with Gasteiger partial charge in [-0.05, 0) is 39.5 Å². The van der Waals surface area contributed by atoms with Crippen LogP contribution < -0.4 is 0 Å². The normalized spacial score (nSPS) is 21.7. The van der Waals surface area contributed by atoms with Crippen LogP contribution in [0.1, 0.15) is 52.4 Å². The van der Waals surface area contributed by atoms with Crippen LogP contribution in [0.2, 0.25) is 0 Å². The molecule has 132 valence electrons. The molecule has 0 aromatic heterocycles. The molecule has 0 N–H and O–H groups in total. The van der Waals surface area contributed by atoms with Gasteiger partial charge in [-0.3, -0.25) is 13.8 Å². The third-order valence-corrected chi connectivity index (χ3v) is 7.01. The van der Waals surface area contributed by atoms with Crippen molar-refractivity contribution in [3.8, 4) is 0 Å². The van der Waals surface area contributed by atoms with Crippen molar-refractivity contribution in [1.82, 2.24) is 9.80 Å². The van der Waals surface area contributed by atoms with Gasteiger partial charge in [-0.1, -0.05) is 12.8 Å². The number of likely N-dealkylation sites (tertiary alicyclic amines) is 1. The first-order chi connectivity index (χ1) is 10.9. The van der Waals surface area contributed by atoms with Gasteiger partial charge in [0.2, 0.25) is 11.8 Å². The summed E-state index contributed by atoms with van der Waals surface area (Å²) in [4.78, 5) is 28.2. The third-order valence-electron chi connectivity index (χ3n) is 5.26. The van der Waals surface area contributed by atoms with Gasteiger partial charge < -0.3 is 9.80 Å². The van der Waals surface area contributed by atoms with Gasteiger partial charge in [-0.25, -0.2) is 0 Å². The molecule has 2 aliphatic rings. The summed E-state index contributed by atoms with van der Waals surface area (Å²) >= 11 is 0. The molecular weight excluding hydrogens is 312 g/mol. The van der Waals surface area contributed by atoms with E-state index >= 15 is 0 Å². The van der Waals surface area contributed by atoms with Crippen LogP contribution in [0, 0.1) is 5.92 Å². The van der Waals surface area contributed by atoms with Gasteiger partial charge in [0.25, 0.3) is 0 Å². The van der Waals surface area contributed by atoms with E-state index in [1.165, 1.54) is 0 Å². The summed E-state index contributed by atoms with van der Waals surface area (Å²) in [5.41, 5.74) is 0. The van der Waals surface area contributed by atoms with Gasteiger partial charge in [0.1, 0.15) is 5.75 Å². The Balaban J connectivity index is 1.78. The van der Waals surface area contributed by atoms with Crippen molar-refractivity contribution < 1.29 is 13.8 Å². The number of amides is 2. The highest BCUT2D eigenvalue weighted by atomic mass is 32.2. The Hall–Kier alpha value is -0.910. The first-order valence-corrected chi connectivity index (χ1v) is 10.2. The summed E-state index contributed by atoms with van der Waals surface area (Å²) in [5.74, 6) is 0.363. The fourth-order valence-corrected chi connectivity index (χ4v) is 4.92. The van der Waals surface area contributed by atoms with Crippen molar-refractivity contribution in [2.75, 3.05) is 25.9 Å². The van der Waals surface area contributed by atoms with Crippen LogP contribution in [-0.2, 0) is 20.4 Å². The molecular formula is C17H30N2O3S. The topological polar surface area (TPSA) is 57.7 Å². The summed E-state index contributed by atoms with van der Waals surface area (Å²) in [6.07, 6.45) is 5.72. The summed E-state index contributed by atoms with van der Waals surface area (Å²) in [6.45, 7) is 5.25. The van der Waals surface area contributed by atoms with E-state index in [9.17, 15) is 13.8 Å². The first kappa shape index (κ1) is 18.4. The summed E-state index contributed by atoms with van der Waals surface area (Å²) < 4.78 is 12.2. The molecule has 2 amide bonds. The Morgan fingerprint density at radius 3 is 2.22 bits per heavy atom. The molecule has 1 aliphatic carbocycles. The first-order valence-electron chi connectivity index (χ1n) is 8.81. The number of rotatable bonds is 5. The maximum Gasteiger partial charge on any atom is 0.235 e. The van der Waals surface area contributed by atoms with Crippen molar-refractivity contribution in [3.63, 3.8) is 0 Å². The molecule has 1 heterocycles. The van der Waals surface area contributed by atoms with Crippen LogP contribution in [0.4, 0.5) is 0 Å². The Kier molecular flexibility index (Phi) is 6.62. The monoisotopic (exact) mass is 342 g/mol. The van der Waals surface area contributed by atoms with E-state index in [2.05, 4.69) is 0 Å². The molecule has 0 bridgehead atoms. The van der Waals surface area contributed by atoms with Crippen LogP contribution in [0.3, 0.4) is 0 Å². The van der Waals surface area contributed by atoms with Crippen LogP contribution in [0.15, 0.2) is 0 Å².